The standard InChI is InChI=1S/C46H28F2N4/c1-27-3-17-41-39(19-27)40-20-28(2)4-18-42(40)51(41)45-24-46(52-43-21-33(47)13-15-35(43)36-16-14-34(48)22-44(36)52)38(32-11-7-30(26-50)8-12-32)23-37(45)31-9-5-29(25-49)6-10-31/h3-24H,1-2H3. The molecule has 0 N–H and O–H groups in total. The van der Waals surface area contributed by atoms with Gasteiger partial charge in [0.2, 0.25) is 0 Å². The lowest BCUT2D eigenvalue weighted by Crippen LogP contribution is -2.04. The van der Waals surface area contributed by atoms with Gasteiger partial charge < -0.3 is 9.13 Å². The monoisotopic (exact) mass is 674 g/mol. The number of halogens is 2. The lowest BCUT2D eigenvalue weighted by Gasteiger charge is -2.21. The molecule has 6 heteroatoms. The van der Waals surface area contributed by atoms with Crippen molar-refractivity contribution >= 4 is 43.6 Å². The summed E-state index contributed by atoms with van der Waals surface area (Å²) in [5.41, 5.74) is 11.6. The molecular formula is C46H28F2N4. The lowest BCUT2D eigenvalue weighted by molar-refractivity contribution is 0.629. The minimum absolute atomic E-state index is 0.403. The Balaban J connectivity index is 1.49. The van der Waals surface area contributed by atoms with Gasteiger partial charge in [-0.2, -0.15) is 10.5 Å². The van der Waals surface area contributed by atoms with E-state index in [1.165, 1.54) is 24.3 Å². The van der Waals surface area contributed by atoms with Gasteiger partial charge in [-0.25, -0.2) is 8.78 Å². The lowest BCUT2D eigenvalue weighted by atomic mass is 9.94. The van der Waals surface area contributed by atoms with Gasteiger partial charge in [-0.3, -0.25) is 0 Å². The van der Waals surface area contributed by atoms with Gasteiger partial charge in [0.1, 0.15) is 11.6 Å². The Hall–Kier alpha value is -7.02. The number of fused-ring (bicyclic) bond motifs is 6. The van der Waals surface area contributed by atoms with Gasteiger partial charge in [-0.1, -0.05) is 47.5 Å². The summed E-state index contributed by atoms with van der Waals surface area (Å²) in [6, 6.07) is 45.8. The molecule has 0 aliphatic carbocycles. The molecule has 246 valence electrons. The molecule has 52 heavy (non-hydrogen) atoms. The highest BCUT2D eigenvalue weighted by molar-refractivity contribution is 6.12. The van der Waals surface area contributed by atoms with Crippen molar-refractivity contribution in [2.24, 2.45) is 0 Å². The van der Waals surface area contributed by atoms with Crippen LogP contribution in [0.1, 0.15) is 22.3 Å². The SMILES string of the molecule is Cc1ccc2c(c1)c1cc(C)ccc1n2-c1cc(-n2c3cc(F)ccc3c3ccc(F)cc32)c(-c2ccc(C#N)cc2)cc1-c1ccc(C#N)cc1. The summed E-state index contributed by atoms with van der Waals surface area (Å²) in [6.07, 6.45) is 0. The molecule has 0 saturated heterocycles. The van der Waals surface area contributed by atoms with Crippen LogP contribution in [0.5, 0.6) is 0 Å². The summed E-state index contributed by atoms with van der Waals surface area (Å²) in [6.45, 7) is 4.18. The summed E-state index contributed by atoms with van der Waals surface area (Å²) in [7, 11) is 0. The van der Waals surface area contributed by atoms with Crippen molar-refractivity contribution in [3.8, 4) is 45.8 Å². The Morgan fingerprint density at radius 3 is 1.27 bits per heavy atom. The van der Waals surface area contributed by atoms with Gasteiger partial charge in [0.15, 0.2) is 0 Å². The summed E-state index contributed by atoms with van der Waals surface area (Å²) in [5.74, 6) is -0.806. The van der Waals surface area contributed by atoms with Crippen molar-refractivity contribution in [3.05, 3.63) is 167 Å². The predicted molar refractivity (Wildman–Crippen MR) is 205 cm³/mol. The van der Waals surface area contributed by atoms with Crippen LogP contribution < -0.4 is 0 Å². The van der Waals surface area contributed by atoms with Crippen LogP contribution in [0.3, 0.4) is 0 Å². The van der Waals surface area contributed by atoms with Crippen LogP contribution in [0.4, 0.5) is 8.78 Å². The van der Waals surface area contributed by atoms with E-state index in [9.17, 15) is 10.5 Å². The Labute approximate surface area is 298 Å². The van der Waals surface area contributed by atoms with Gasteiger partial charge in [0, 0.05) is 32.7 Å². The average Bonchev–Trinajstić information content (AvgIpc) is 3.64. The zero-order chi connectivity index (χ0) is 35.7. The van der Waals surface area contributed by atoms with Crippen LogP contribution in [0.2, 0.25) is 0 Å². The fraction of sp³-hybridized carbons (Fsp3) is 0.0435. The second kappa shape index (κ2) is 11.8. The highest BCUT2D eigenvalue weighted by Gasteiger charge is 2.23. The maximum atomic E-state index is 15.2. The minimum atomic E-state index is -0.403. The highest BCUT2D eigenvalue weighted by atomic mass is 19.1. The third kappa shape index (κ3) is 4.85. The van der Waals surface area contributed by atoms with E-state index < -0.39 is 11.6 Å². The molecular weight excluding hydrogens is 647 g/mol. The van der Waals surface area contributed by atoms with Crippen molar-refractivity contribution in [2.75, 3.05) is 0 Å². The van der Waals surface area contributed by atoms with E-state index in [0.717, 1.165) is 71.6 Å². The quantitative estimate of drug-likeness (QED) is 0.187. The van der Waals surface area contributed by atoms with Crippen molar-refractivity contribution in [1.29, 1.82) is 10.5 Å². The Bertz CT molecular complexity index is 2890. The van der Waals surface area contributed by atoms with Crippen LogP contribution in [0, 0.1) is 48.1 Å². The first-order valence-corrected chi connectivity index (χ1v) is 16.9. The first-order valence-electron chi connectivity index (χ1n) is 16.9. The highest BCUT2D eigenvalue weighted by Crippen LogP contribution is 2.44. The molecule has 9 aromatic rings. The number of hydrogen-bond donors (Lipinski definition) is 0. The normalized spacial score (nSPS) is 11.4. The molecule has 0 amide bonds. The third-order valence-electron chi connectivity index (χ3n) is 10.0. The largest absolute Gasteiger partial charge is 0.309 e. The van der Waals surface area contributed by atoms with Crippen molar-refractivity contribution in [3.63, 3.8) is 0 Å². The summed E-state index contributed by atoms with van der Waals surface area (Å²) in [5, 5.41) is 23.1. The molecule has 0 unspecified atom stereocenters. The first-order chi connectivity index (χ1) is 25.3. The summed E-state index contributed by atoms with van der Waals surface area (Å²) < 4.78 is 34.5. The minimum Gasteiger partial charge on any atom is -0.309 e. The molecule has 0 radical (unpaired) electrons. The molecule has 2 aromatic heterocycles. The number of hydrogen-bond acceptors (Lipinski definition) is 2. The Morgan fingerprint density at radius 2 is 0.846 bits per heavy atom. The molecule has 0 fully saturated rings. The topological polar surface area (TPSA) is 57.4 Å². The molecule has 9 rings (SSSR count). The number of rotatable bonds is 4. The molecule has 0 atom stereocenters. The predicted octanol–water partition coefficient (Wildman–Crippen LogP) is 11.9. The van der Waals surface area contributed by atoms with Crippen LogP contribution in [0.15, 0.2) is 133 Å². The van der Waals surface area contributed by atoms with E-state index in [0.29, 0.717) is 27.8 Å². The van der Waals surface area contributed by atoms with Gasteiger partial charge in [-0.05, 0) is 122 Å². The van der Waals surface area contributed by atoms with Crippen LogP contribution in [-0.4, -0.2) is 9.13 Å². The van der Waals surface area contributed by atoms with Crippen LogP contribution >= 0.6 is 0 Å². The van der Waals surface area contributed by atoms with E-state index in [1.54, 1.807) is 24.3 Å². The molecule has 4 nitrogen and oxygen atoms in total. The van der Waals surface area contributed by atoms with E-state index >= 15 is 8.78 Å². The zero-order valence-corrected chi connectivity index (χ0v) is 28.2. The average molecular weight is 675 g/mol. The van der Waals surface area contributed by atoms with Crippen LogP contribution in [-0.2, 0) is 0 Å². The number of benzene rings is 7. The summed E-state index contributed by atoms with van der Waals surface area (Å²) in [4.78, 5) is 0. The van der Waals surface area contributed by atoms with E-state index in [1.807, 2.05) is 41.0 Å². The van der Waals surface area contributed by atoms with E-state index in [4.69, 9.17) is 0 Å². The van der Waals surface area contributed by atoms with Gasteiger partial charge >= 0.3 is 0 Å². The third-order valence-corrected chi connectivity index (χ3v) is 10.0. The Morgan fingerprint density at radius 1 is 0.423 bits per heavy atom. The van der Waals surface area contributed by atoms with Crippen molar-refractivity contribution in [1.82, 2.24) is 9.13 Å². The number of nitriles is 2. The Kier molecular flexibility index (Phi) is 7.03. The smallest absolute Gasteiger partial charge is 0.125 e. The molecule has 0 aliphatic heterocycles. The van der Waals surface area contributed by atoms with Crippen molar-refractivity contribution < 1.29 is 8.78 Å². The van der Waals surface area contributed by atoms with Gasteiger partial charge in [0.25, 0.3) is 0 Å². The number of aryl methyl sites for hydroxylation is 2. The number of aromatic nitrogens is 2. The first kappa shape index (κ1) is 31.0. The fourth-order valence-electron chi connectivity index (χ4n) is 7.59. The maximum absolute atomic E-state index is 15.2. The second-order valence-corrected chi connectivity index (χ2v) is 13.3. The molecule has 2 heterocycles. The molecule has 0 bridgehead atoms. The second-order valence-electron chi connectivity index (χ2n) is 13.3. The van der Waals surface area contributed by atoms with Gasteiger partial charge in [-0.15, -0.1) is 0 Å². The number of nitrogens with zero attached hydrogens (tertiary/aromatic N) is 4. The van der Waals surface area contributed by atoms with Crippen LogP contribution in [0.25, 0.3) is 77.2 Å². The molecule has 0 saturated carbocycles. The van der Waals surface area contributed by atoms with E-state index in [2.05, 4.69) is 79.1 Å². The molecule has 0 spiro atoms. The molecule has 7 aromatic carbocycles. The summed E-state index contributed by atoms with van der Waals surface area (Å²) >= 11 is 0. The maximum Gasteiger partial charge on any atom is 0.125 e. The van der Waals surface area contributed by atoms with E-state index in [-0.39, 0.29) is 0 Å². The van der Waals surface area contributed by atoms with Crippen molar-refractivity contribution in [2.45, 2.75) is 13.8 Å². The zero-order valence-electron chi connectivity index (χ0n) is 28.2. The molecule has 0 aliphatic rings. The van der Waals surface area contributed by atoms with Gasteiger partial charge in [0.05, 0.1) is 56.7 Å². The fourth-order valence-corrected chi connectivity index (χ4v) is 7.59.